The molecular weight excluding hydrogens is 297 g/mol. The summed E-state index contributed by atoms with van der Waals surface area (Å²) in [6, 6.07) is -0.0452. The Morgan fingerprint density at radius 1 is 1.41 bits per heavy atom. The Labute approximate surface area is 129 Å². The van der Waals surface area contributed by atoms with Gasteiger partial charge < -0.3 is 15.7 Å². The Hall–Kier alpha value is -1.02. The average molecular weight is 322 g/mol. The van der Waals surface area contributed by atoms with Crippen LogP contribution in [0.1, 0.15) is 32.6 Å². The highest BCUT2D eigenvalue weighted by Crippen LogP contribution is 2.31. The average Bonchev–Trinajstić information content (AvgIpc) is 2.79. The van der Waals surface area contributed by atoms with Gasteiger partial charge in [-0.05, 0) is 32.6 Å². The van der Waals surface area contributed by atoms with Crippen molar-refractivity contribution in [3.63, 3.8) is 0 Å². The van der Waals surface area contributed by atoms with E-state index >= 15 is 0 Å². The molecule has 1 unspecified atom stereocenters. The second-order valence-electron chi connectivity index (χ2n) is 6.25. The van der Waals surface area contributed by atoms with Gasteiger partial charge in [-0.2, -0.15) is 13.2 Å². The zero-order chi connectivity index (χ0) is 16.2. The summed E-state index contributed by atoms with van der Waals surface area (Å²) in [4.78, 5) is 5.78. The Morgan fingerprint density at radius 2 is 2.14 bits per heavy atom. The number of nitrogens with one attached hydrogen (secondary N) is 2. The van der Waals surface area contributed by atoms with Crippen molar-refractivity contribution in [1.82, 2.24) is 15.5 Å². The zero-order valence-electron chi connectivity index (χ0n) is 12.9. The molecule has 0 bridgehead atoms. The van der Waals surface area contributed by atoms with Gasteiger partial charge in [0.1, 0.15) is 0 Å². The molecule has 2 aliphatic rings. The fourth-order valence-electron chi connectivity index (χ4n) is 2.83. The summed E-state index contributed by atoms with van der Waals surface area (Å²) >= 11 is 0. The van der Waals surface area contributed by atoms with Crippen LogP contribution in [0.3, 0.4) is 0 Å². The van der Waals surface area contributed by atoms with Crippen molar-refractivity contribution in [3.8, 4) is 0 Å². The predicted molar refractivity (Wildman–Crippen MR) is 78.8 cm³/mol. The molecule has 2 rings (SSSR count). The molecule has 0 aromatic carbocycles. The molecule has 8 heteroatoms. The van der Waals surface area contributed by atoms with Gasteiger partial charge in [0.25, 0.3) is 0 Å². The van der Waals surface area contributed by atoms with E-state index in [9.17, 15) is 18.3 Å². The minimum absolute atomic E-state index is 0.0452. The van der Waals surface area contributed by atoms with Gasteiger partial charge in [0.2, 0.25) is 0 Å². The van der Waals surface area contributed by atoms with Gasteiger partial charge >= 0.3 is 6.18 Å². The number of halogens is 3. The molecule has 22 heavy (non-hydrogen) atoms. The van der Waals surface area contributed by atoms with Crippen LogP contribution in [0, 0.1) is 0 Å². The molecule has 2 fully saturated rings. The van der Waals surface area contributed by atoms with Crippen molar-refractivity contribution in [3.05, 3.63) is 0 Å². The van der Waals surface area contributed by atoms with Crippen LogP contribution < -0.4 is 10.6 Å². The third kappa shape index (κ3) is 5.31. The van der Waals surface area contributed by atoms with Gasteiger partial charge in [-0.25, -0.2) is 0 Å². The van der Waals surface area contributed by atoms with E-state index in [1.165, 1.54) is 4.90 Å². The molecule has 5 nitrogen and oxygen atoms in total. The largest absolute Gasteiger partial charge is 0.401 e. The van der Waals surface area contributed by atoms with Crippen LogP contribution in [0.25, 0.3) is 0 Å². The number of aliphatic imine (C=N–C) groups is 1. The maximum Gasteiger partial charge on any atom is 0.401 e. The fourth-order valence-corrected chi connectivity index (χ4v) is 2.83. The number of hydrogen-bond donors (Lipinski definition) is 3. The zero-order valence-corrected chi connectivity index (χ0v) is 12.9. The standard InChI is InChI=1S/C14H25F3N4O/c1-2-18-12(19-9-13(22)5-3-6-13)20-11-4-7-21(8-11)10-14(15,16)17/h11,22H,2-10H2,1H3,(H2,18,19,20). The van der Waals surface area contributed by atoms with E-state index in [1.807, 2.05) is 6.92 Å². The van der Waals surface area contributed by atoms with E-state index in [-0.39, 0.29) is 6.04 Å². The highest BCUT2D eigenvalue weighted by molar-refractivity contribution is 5.80. The molecule has 3 N–H and O–H groups in total. The topological polar surface area (TPSA) is 59.9 Å². The van der Waals surface area contributed by atoms with E-state index in [0.717, 1.165) is 19.3 Å². The Bertz CT molecular complexity index is 396. The second kappa shape index (κ2) is 7.04. The van der Waals surface area contributed by atoms with Crippen molar-refractivity contribution in [1.29, 1.82) is 0 Å². The molecule has 1 saturated carbocycles. The number of rotatable bonds is 5. The van der Waals surface area contributed by atoms with Gasteiger partial charge in [0.05, 0.1) is 18.7 Å². The van der Waals surface area contributed by atoms with Crippen LogP contribution in [0.2, 0.25) is 0 Å². The van der Waals surface area contributed by atoms with Crippen LogP contribution in [0.15, 0.2) is 4.99 Å². The van der Waals surface area contributed by atoms with Crippen LogP contribution in [0.4, 0.5) is 13.2 Å². The lowest BCUT2D eigenvalue weighted by Crippen LogP contribution is -2.47. The first-order valence-electron chi connectivity index (χ1n) is 7.86. The first-order chi connectivity index (χ1) is 10.3. The van der Waals surface area contributed by atoms with E-state index in [2.05, 4.69) is 15.6 Å². The molecule has 0 amide bonds. The van der Waals surface area contributed by atoms with E-state index in [1.54, 1.807) is 0 Å². The molecule has 1 aliphatic carbocycles. The smallest absolute Gasteiger partial charge is 0.388 e. The molecule has 1 atom stereocenters. The van der Waals surface area contributed by atoms with Crippen molar-refractivity contribution >= 4 is 5.96 Å². The molecule has 0 aromatic heterocycles. The maximum atomic E-state index is 12.4. The van der Waals surface area contributed by atoms with Gasteiger partial charge in [0, 0.05) is 25.7 Å². The van der Waals surface area contributed by atoms with Crippen LogP contribution >= 0.6 is 0 Å². The fraction of sp³-hybridized carbons (Fsp3) is 0.929. The monoisotopic (exact) mass is 322 g/mol. The van der Waals surface area contributed by atoms with Crippen molar-refractivity contribution in [2.45, 2.75) is 50.4 Å². The maximum absolute atomic E-state index is 12.4. The van der Waals surface area contributed by atoms with Crippen LogP contribution in [0.5, 0.6) is 0 Å². The quantitative estimate of drug-likeness (QED) is 0.524. The lowest BCUT2D eigenvalue weighted by molar-refractivity contribution is -0.143. The van der Waals surface area contributed by atoms with Crippen LogP contribution in [-0.4, -0.2) is 66.5 Å². The number of nitrogens with zero attached hydrogens (tertiary/aromatic N) is 2. The summed E-state index contributed by atoms with van der Waals surface area (Å²) in [5, 5.41) is 16.3. The molecule has 0 spiro atoms. The number of hydrogen-bond acceptors (Lipinski definition) is 3. The molecule has 0 aromatic rings. The van der Waals surface area contributed by atoms with E-state index in [0.29, 0.717) is 38.6 Å². The normalized spacial score (nSPS) is 25.9. The first kappa shape index (κ1) is 17.3. The number of guanidine groups is 1. The summed E-state index contributed by atoms with van der Waals surface area (Å²) < 4.78 is 37.2. The van der Waals surface area contributed by atoms with E-state index in [4.69, 9.17) is 0 Å². The summed E-state index contributed by atoms with van der Waals surface area (Å²) in [7, 11) is 0. The Balaban J connectivity index is 1.82. The lowest BCUT2D eigenvalue weighted by Gasteiger charge is -2.35. The molecule has 1 saturated heterocycles. The third-order valence-corrected chi connectivity index (χ3v) is 4.18. The SMILES string of the molecule is CCNC(=NCC1(O)CCC1)NC1CCN(CC(F)(F)F)C1. The summed E-state index contributed by atoms with van der Waals surface area (Å²) in [5.74, 6) is 0.571. The van der Waals surface area contributed by atoms with Crippen molar-refractivity contribution in [2.75, 3.05) is 32.7 Å². The highest BCUT2D eigenvalue weighted by Gasteiger charge is 2.35. The van der Waals surface area contributed by atoms with Crippen molar-refractivity contribution in [2.24, 2.45) is 4.99 Å². The first-order valence-corrected chi connectivity index (χ1v) is 7.86. The molecule has 128 valence electrons. The Kier molecular flexibility index (Phi) is 5.55. The van der Waals surface area contributed by atoms with Gasteiger partial charge in [-0.3, -0.25) is 9.89 Å². The molecule has 1 heterocycles. The lowest BCUT2D eigenvalue weighted by atomic mass is 9.80. The number of aliphatic hydroxyl groups is 1. The minimum Gasteiger partial charge on any atom is -0.388 e. The van der Waals surface area contributed by atoms with Crippen LogP contribution in [-0.2, 0) is 0 Å². The van der Waals surface area contributed by atoms with Crippen molar-refractivity contribution < 1.29 is 18.3 Å². The number of likely N-dealkylation sites (tertiary alicyclic amines) is 1. The van der Waals surface area contributed by atoms with E-state index < -0.39 is 18.3 Å². The van der Waals surface area contributed by atoms with Gasteiger partial charge in [0.15, 0.2) is 5.96 Å². The summed E-state index contributed by atoms with van der Waals surface area (Å²) in [6.45, 7) is 2.86. The molecule has 1 aliphatic heterocycles. The van der Waals surface area contributed by atoms with Gasteiger partial charge in [-0.1, -0.05) is 0 Å². The highest BCUT2D eigenvalue weighted by atomic mass is 19.4. The number of alkyl halides is 3. The Morgan fingerprint density at radius 3 is 2.68 bits per heavy atom. The summed E-state index contributed by atoms with van der Waals surface area (Å²) in [5.41, 5.74) is -0.694. The summed E-state index contributed by atoms with van der Waals surface area (Å²) in [6.07, 6.45) is -0.950. The molecular formula is C14H25F3N4O. The second-order valence-corrected chi connectivity index (χ2v) is 6.25. The third-order valence-electron chi connectivity index (χ3n) is 4.18. The predicted octanol–water partition coefficient (Wildman–Crippen LogP) is 1.09. The van der Waals surface area contributed by atoms with Gasteiger partial charge in [-0.15, -0.1) is 0 Å². The molecule has 0 radical (unpaired) electrons. The minimum atomic E-state index is -4.15.